The average molecular weight is 390 g/mol. The Labute approximate surface area is 152 Å². The molecule has 1 N–H and O–H groups in total. The normalized spacial score (nSPS) is 15.5. The molecule has 1 aliphatic rings. The van der Waals surface area contributed by atoms with E-state index in [4.69, 9.17) is 0 Å². The van der Waals surface area contributed by atoms with Crippen LogP contribution in [0.25, 0.3) is 0 Å². The molecule has 5 nitrogen and oxygen atoms in total. The summed E-state index contributed by atoms with van der Waals surface area (Å²) in [5.74, 6) is 2.00. The first-order valence-electron chi connectivity index (χ1n) is 8.44. The van der Waals surface area contributed by atoms with Crippen molar-refractivity contribution in [3.63, 3.8) is 0 Å². The summed E-state index contributed by atoms with van der Waals surface area (Å²) < 4.78 is 1.00. The number of aryl methyl sites for hydroxylation is 1. The second-order valence-corrected chi connectivity index (χ2v) is 7.03. The first-order valence-corrected chi connectivity index (χ1v) is 9.23. The van der Waals surface area contributed by atoms with E-state index in [1.807, 2.05) is 12.4 Å². The van der Waals surface area contributed by atoms with Crippen LogP contribution in [0.15, 0.2) is 35.1 Å². The number of pyridine rings is 2. The quantitative estimate of drug-likeness (QED) is 0.849. The van der Waals surface area contributed by atoms with E-state index < -0.39 is 0 Å². The Kier molecular flexibility index (Phi) is 5.68. The average Bonchev–Trinajstić information content (AvgIpc) is 2.61. The maximum atomic E-state index is 4.56. The lowest BCUT2D eigenvalue weighted by Gasteiger charge is -2.34. The Morgan fingerprint density at radius 1 is 1.17 bits per heavy atom. The molecule has 1 aliphatic heterocycles. The fourth-order valence-electron chi connectivity index (χ4n) is 2.95. The van der Waals surface area contributed by atoms with E-state index in [0.717, 1.165) is 60.9 Å². The summed E-state index contributed by atoms with van der Waals surface area (Å²) in [7, 11) is 0. The monoisotopic (exact) mass is 389 g/mol. The van der Waals surface area contributed by atoms with Gasteiger partial charge in [-0.3, -0.25) is 0 Å². The van der Waals surface area contributed by atoms with Crippen molar-refractivity contribution in [1.29, 1.82) is 0 Å². The number of rotatable bonds is 5. The van der Waals surface area contributed by atoms with Gasteiger partial charge in [0.1, 0.15) is 11.6 Å². The minimum atomic E-state index is 0.750. The smallest absolute Gasteiger partial charge is 0.129 e. The molecule has 0 amide bonds. The Balaban J connectivity index is 1.63. The first-order chi connectivity index (χ1) is 11.7. The Morgan fingerprint density at radius 2 is 1.96 bits per heavy atom. The van der Waals surface area contributed by atoms with Crippen LogP contribution in [0.3, 0.4) is 0 Å². The van der Waals surface area contributed by atoms with Crippen LogP contribution in [0.4, 0.5) is 11.6 Å². The van der Waals surface area contributed by atoms with Gasteiger partial charge in [0.05, 0.1) is 0 Å². The van der Waals surface area contributed by atoms with Gasteiger partial charge in [-0.1, -0.05) is 6.92 Å². The predicted octanol–water partition coefficient (Wildman–Crippen LogP) is 3.30. The number of nitrogens with zero attached hydrogens (tertiary/aromatic N) is 4. The van der Waals surface area contributed by atoms with Crippen molar-refractivity contribution in [2.45, 2.75) is 20.4 Å². The summed E-state index contributed by atoms with van der Waals surface area (Å²) in [4.78, 5) is 13.8. The zero-order chi connectivity index (χ0) is 16.9. The Morgan fingerprint density at radius 3 is 2.67 bits per heavy atom. The molecule has 2 aromatic rings. The van der Waals surface area contributed by atoms with E-state index in [-0.39, 0.29) is 0 Å². The van der Waals surface area contributed by atoms with Crippen molar-refractivity contribution in [3.8, 4) is 0 Å². The molecule has 0 bridgehead atoms. The molecule has 0 saturated carbocycles. The Hall–Kier alpha value is -1.66. The van der Waals surface area contributed by atoms with Gasteiger partial charge in [0.25, 0.3) is 0 Å². The molecule has 0 atom stereocenters. The predicted molar refractivity (Wildman–Crippen MR) is 103 cm³/mol. The number of nitrogens with one attached hydrogen (secondary N) is 1. The minimum Gasteiger partial charge on any atom is -0.366 e. The highest BCUT2D eigenvalue weighted by molar-refractivity contribution is 9.10. The molecule has 3 heterocycles. The summed E-state index contributed by atoms with van der Waals surface area (Å²) in [6.45, 7) is 10.5. The molecule has 24 heavy (non-hydrogen) atoms. The van der Waals surface area contributed by atoms with Gasteiger partial charge in [-0.15, -0.1) is 0 Å². The van der Waals surface area contributed by atoms with Crippen LogP contribution < -0.4 is 10.2 Å². The van der Waals surface area contributed by atoms with E-state index >= 15 is 0 Å². The first kappa shape index (κ1) is 17.2. The summed E-state index contributed by atoms with van der Waals surface area (Å²) in [6, 6.07) is 6.32. The topological polar surface area (TPSA) is 44.3 Å². The van der Waals surface area contributed by atoms with Crippen molar-refractivity contribution in [2.24, 2.45) is 0 Å². The number of hydrogen-bond donors (Lipinski definition) is 1. The highest BCUT2D eigenvalue weighted by Crippen LogP contribution is 2.19. The van der Waals surface area contributed by atoms with Crippen molar-refractivity contribution in [3.05, 3.63) is 46.2 Å². The molecular weight excluding hydrogens is 366 g/mol. The molecule has 2 aromatic heterocycles. The number of halogens is 1. The van der Waals surface area contributed by atoms with Gasteiger partial charge in [0.2, 0.25) is 0 Å². The fourth-order valence-corrected chi connectivity index (χ4v) is 3.39. The van der Waals surface area contributed by atoms with Crippen molar-refractivity contribution < 1.29 is 0 Å². The lowest BCUT2D eigenvalue weighted by molar-refractivity contribution is 0.270. The molecule has 1 saturated heterocycles. The molecule has 0 aliphatic carbocycles. The summed E-state index contributed by atoms with van der Waals surface area (Å²) >= 11 is 3.45. The highest BCUT2D eigenvalue weighted by Gasteiger charge is 2.16. The third kappa shape index (κ3) is 4.24. The molecule has 3 rings (SSSR count). The van der Waals surface area contributed by atoms with Crippen LogP contribution in [-0.2, 0) is 6.54 Å². The molecule has 0 unspecified atom stereocenters. The molecule has 128 valence electrons. The molecule has 1 fully saturated rings. The van der Waals surface area contributed by atoms with Crippen LogP contribution in [0, 0.1) is 6.92 Å². The second kappa shape index (κ2) is 7.94. The van der Waals surface area contributed by atoms with Gasteiger partial charge in [-0.05, 0) is 58.7 Å². The largest absolute Gasteiger partial charge is 0.366 e. The highest BCUT2D eigenvalue weighted by atomic mass is 79.9. The summed E-state index contributed by atoms with van der Waals surface area (Å²) in [5, 5.41) is 3.42. The van der Waals surface area contributed by atoms with Gasteiger partial charge in [0.15, 0.2) is 0 Å². The minimum absolute atomic E-state index is 0.750. The number of aromatic nitrogens is 2. The van der Waals surface area contributed by atoms with Gasteiger partial charge in [0, 0.05) is 49.6 Å². The zero-order valence-corrected chi connectivity index (χ0v) is 15.9. The van der Waals surface area contributed by atoms with Crippen molar-refractivity contribution in [1.82, 2.24) is 14.9 Å². The van der Waals surface area contributed by atoms with E-state index in [0.29, 0.717) is 0 Å². The number of piperazine rings is 1. The lowest BCUT2D eigenvalue weighted by Crippen LogP contribution is -2.46. The fraction of sp³-hybridized carbons (Fsp3) is 0.444. The maximum Gasteiger partial charge on any atom is 0.129 e. The SMILES string of the molecule is CCN1CCN(c2cc(CNc3ncc(Br)cc3C)ccn2)CC1. The third-order valence-corrected chi connectivity index (χ3v) is 4.89. The van der Waals surface area contributed by atoms with Gasteiger partial charge >= 0.3 is 0 Å². The van der Waals surface area contributed by atoms with Crippen LogP contribution in [0.1, 0.15) is 18.1 Å². The molecule has 0 aromatic carbocycles. The van der Waals surface area contributed by atoms with Gasteiger partial charge in [-0.2, -0.15) is 0 Å². The summed E-state index contributed by atoms with van der Waals surface area (Å²) in [6.07, 6.45) is 3.72. The van der Waals surface area contributed by atoms with Gasteiger partial charge < -0.3 is 15.1 Å². The third-order valence-electron chi connectivity index (χ3n) is 4.46. The molecule has 0 radical (unpaired) electrons. The van der Waals surface area contributed by atoms with Gasteiger partial charge in [-0.25, -0.2) is 9.97 Å². The maximum absolute atomic E-state index is 4.56. The molecule has 0 spiro atoms. The van der Waals surface area contributed by atoms with Crippen LogP contribution in [-0.4, -0.2) is 47.6 Å². The van der Waals surface area contributed by atoms with Crippen LogP contribution >= 0.6 is 15.9 Å². The molecular formula is C18H24BrN5. The van der Waals surface area contributed by atoms with E-state index in [1.54, 1.807) is 0 Å². The Bertz CT molecular complexity index is 683. The standard InChI is InChI=1S/C18H24BrN5/c1-3-23-6-8-24(9-7-23)17-11-15(4-5-20-17)12-21-18-14(2)10-16(19)13-22-18/h4-5,10-11,13H,3,6-9,12H2,1-2H3,(H,21,22). The number of likely N-dealkylation sites (N-methyl/N-ethyl adjacent to an activating group) is 1. The molecule has 6 heteroatoms. The van der Waals surface area contributed by atoms with E-state index in [1.165, 1.54) is 5.56 Å². The zero-order valence-electron chi connectivity index (χ0n) is 14.3. The lowest BCUT2D eigenvalue weighted by atomic mass is 10.2. The second-order valence-electron chi connectivity index (χ2n) is 6.12. The van der Waals surface area contributed by atoms with E-state index in [9.17, 15) is 0 Å². The van der Waals surface area contributed by atoms with Crippen molar-refractivity contribution >= 4 is 27.6 Å². The number of hydrogen-bond acceptors (Lipinski definition) is 5. The van der Waals surface area contributed by atoms with Crippen LogP contribution in [0.2, 0.25) is 0 Å². The van der Waals surface area contributed by atoms with Crippen LogP contribution in [0.5, 0.6) is 0 Å². The van der Waals surface area contributed by atoms with Crippen molar-refractivity contribution in [2.75, 3.05) is 42.9 Å². The summed E-state index contributed by atoms with van der Waals surface area (Å²) in [5.41, 5.74) is 2.36. The van der Waals surface area contributed by atoms with E-state index in [2.05, 4.69) is 73.1 Å². The number of anilines is 2.